The van der Waals surface area contributed by atoms with Gasteiger partial charge in [0, 0.05) is 19.2 Å². The van der Waals surface area contributed by atoms with E-state index in [1.807, 2.05) is 6.07 Å². The Balaban J connectivity index is 2.19. The van der Waals surface area contributed by atoms with Crippen LogP contribution in [0.1, 0.15) is 36.4 Å². The topological polar surface area (TPSA) is 66.6 Å². The van der Waals surface area contributed by atoms with Crippen LogP contribution in [-0.2, 0) is 11.2 Å². The second-order valence-electron chi connectivity index (χ2n) is 5.12. The molecule has 1 atom stereocenters. The van der Waals surface area contributed by atoms with Crippen LogP contribution in [0.3, 0.4) is 0 Å². The van der Waals surface area contributed by atoms with Crippen LogP contribution in [0.4, 0.5) is 0 Å². The average Bonchev–Trinajstić information content (AvgIpc) is 2.42. The molecule has 3 N–H and O–H groups in total. The van der Waals surface area contributed by atoms with E-state index >= 15 is 0 Å². The smallest absolute Gasteiger partial charge is 0.231 e. The number of hydrogen-bond acceptors (Lipinski definition) is 3. The second-order valence-corrected chi connectivity index (χ2v) is 5.12. The summed E-state index contributed by atoms with van der Waals surface area (Å²) in [6.45, 7) is 1.11. The van der Waals surface area contributed by atoms with Crippen molar-refractivity contribution in [1.29, 1.82) is 0 Å². The molecular formula is C15H22N2O2. The van der Waals surface area contributed by atoms with E-state index in [1.54, 1.807) is 0 Å². The van der Waals surface area contributed by atoms with Crippen LogP contribution >= 0.6 is 0 Å². The van der Waals surface area contributed by atoms with Gasteiger partial charge in [-0.3, -0.25) is 9.69 Å². The molecule has 4 nitrogen and oxygen atoms in total. The van der Waals surface area contributed by atoms with Gasteiger partial charge in [0.2, 0.25) is 5.91 Å². The first-order valence-corrected chi connectivity index (χ1v) is 6.93. The lowest BCUT2D eigenvalue weighted by molar-refractivity contribution is -0.119. The molecule has 1 aromatic rings. The molecule has 0 bridgehead atoms. The van der Waals surface area contributed by atoms with Crippen molar-refractivity contribution in [3.05, 3.63) is 35.4 Å². The summed E-state index contributed by atoms with van der Waals surface area (Å²) in [7, 11) is 0. The van der Waals surface area contributed by atoms with Gasteiger partial charge in [0.1, 0.15) is 0 Å². The Kier molecular flexibility index (Phi) is 4.93. The fourth-order valence-corrected chi connectivity index (χ4v) is 2.93. The molecule has 0 saturated heterocycles. The van der Waals surface area contributed by atoms with Crippen LogP contribution in [0.2, 0.25) is 0 Å². The molecule has 1 amide bonds. The number of fused-ring (bicyclic) bond motifs is 1. The van der Waals surface area contributed by atoms with Crippen LogP contribution in [0, 0.1) is 0 Å². The zero-order chi connectivity index (χ0) is 13.7. The molecule has 0 fully saturated rings. The lowest BCUT2D eigenvalue weighted by Crippen LogP contribution is -2.39. The van der Waals surface area contributed by atoms with Crippen LogP contribution in [0.15, 0.2) is 24.3 Å². The van der Waals surface area contributed by atoms with Crippen molar-refractivity contribution >= 4 is 5.91 Å². The van der Waals surface area contributed by atoms with Gasteiger partial charge < -0.3 is 10.8 Å². The third-order valence-corrected chi connectivity index (χ3v) is 3.74. The molecule has 1 unspecified atom stereocenters. The number of benzene rings is 1. The molecule has 0 spiro atoms. The van der Waals surface area contributed by atoms with E-state index in [-0.39, 0.29) is 25.1 Å². The van der Waals surface area contributed by atoms with Crippen LogP contribution in [-0.4, -0.2) is 35.6 Å². The highest BCUT2D eigenvalue weighted by Gasteiger charge is 2.26. The third-order valence-electron chi connectivity index (χ3n) is 3.74. The first kappa shape index (κ1) is 14.0. The molecule has 1 aromatic carbocycles. The fraction of sp³-hybridized carbons (Fsp3) is 0.533. The summed E-state index contributed by atoms with van der Waals surface area (Å²) < 4.78 is 0. The number of carbonyl (C=O) groups is 1. The summed E-state index contributed by atoms with van der Waals surface area (Å²) in [5.41, 5.74) is 8.03. The molecule has 1 aliphatic rings. The Morgan fingerprint density at radius 2 is 2.21 bits per heavy atom. The number of aliphatic hydroxyl groups excluding tert-OH is 1. The number of aliphatic hydroxyl groups is 1. The van der Waals surface area contributed by atoms with Gasteiger partial charge in [-0.15, -0.1) is 0 Å². The predicted octanol–water partition coefficient (Wildman–Crippen LogP) is 1.23. The van der Waals surface area contributed by atoms with Gasteiger partial charge in [0.15, 0.2) is 0 Å². The highest BCUT2D eigenvalue weighted by Crippen LogP contribution is 2.34. The maximum atomic E-state index is 11.2. The minimum Gasteiger partial charge on any atom is -0.396 e. The Bertz CT molecular complexity index is 434. The number of nitrogens with two attached hydrogens (primary N) is 1. The lowest BCUT2D eigenvalue weighted by atomic mass is 9.86. The highest BCUT2D eigenvalue weighted by atomic mass is 16.3. The number of carbonyl (C=O) groups excluding carboxylic acids is 1. The third kappa shape index (κ3) is 3.55. The van der Waals surface area contributed by atoms with E-state index in [2.05, 4.69) is 23.1 Å². The van der Waals surface area contributed by atoms with Crippen LogP contribution in [0.25, 0.3) is 0 Å². The molecule has 0 aliphatic heterocycles. The standard InChI is InChI=1S/C15H22N2O2/c16-15(19)11-17(9-4-10-18)14-8-3-6-12-5-1-2-7-13(12)14/h1-2,5,7,14,18H,3-4,6,8-11H2,(H2,16,19). The van der Waals surface area contributed by atoms with Gasteiger partial charge >= 0.3 is 0 Å². The Hall–Kier alpha value is -1.39. The first-order chi connectivity index (χ1) is 9.22. The Morgan fingerprint density at radius 1 is 1.42 bits per heavy atom. The SMILES string of the molecule is NC(=O)CN(CCCO)C1CCCc2ccccc21. The molecule has 2 rings (SSSR count). The van der Waals surface area contributed by atoms with E-state index < -0.39 is 0 Å². The van der Waals surface area contributed by atoms with Gasteiger partial charge in [-0.25, -0.2) is 0 Å². The number of amides is 1. The van der Waals surface area contributed by atoms with Gasteiger partial charge in [0.05, 0.1) is 6.54 Å². The van der Waals surface area contributed by atoms with Gasteiger partial charge in [-0.05, 0) is 36.8 Å². The molecular weight excluding hydrogens is 240 g/mol. The largest absolute Gasteiger partial charge is 0.396 e. The molecule has 0 saturated carbocycles. The van der Waals surface area contributed by atoms with Gasteiger partial charge in [0.25, 0.3) is 0 Å². The number of hydrogen-bond donors (Lipinski definition) is 2. The number of nitrogens with zero attached hydrogens (tertiary/aromatic N) is 1. The summed E-state index contributed by atoms with van der Waals surface area (Å²) in [6, 6.07) is 8.67. The minimum atomic E-state index is -0.305. The molecule has 19 heavy (non-hydrogen) atoms. The number of rotatable bonds is 6. The predicted molar refractivity (Wildman–Crippen MR) is 74.6 cm³/mol. The summed E-state index contributed by atoms with van der Waals surface area (Å²) in [4.78, 5) is 13.4. The molecule has 0 radical (unpaired) electrons. The van der Waals surface area contributed by atoms with E-state index in [0.717, 1.165) is 19.3 Å². The van der Waals surface area contributed by atoms with Crippen molar-refractivity contribution < 1.29 is 9.90 Å². The van der Waals surface area contributed by atoms with Gasteiger partial charge in [-0.2, -0.15) is 0 Å². The molecule has 104 valence electrons. The van der Waals surface area contributed by atoms with E-state index in [9.17, 15) is 4.79 Å². The Morgan fingerprint density at radius 3 is 2.95 bits per heavy atom. The quantitative estimate of drug-likeness (QED) is 0.810. The van der Waals surface area contributed by atoms with E-state index in [4.69, 9.17) is 10.8 Å². The molecule has 1 aliphatic carbocycles. The summed E-state index contributed by atoms with van der Waals surface area (Å²) in [5, 5.41) is 9.00. The minimum absolute atomic E-state index is 0.142. The zero-order valence-electron chi connectivity index (χ0n) is 11.2. The van der Waals surface area contributed by atoms with Crippen molar-refractivity contribution in [2.75, 3.05) is 19.7 Å². The van der Waals surface area contributed by atoms with Crippen molar-refractivity contribution in [2.45, 2.75) is 31.7 Å². The number of primary amides is 1. The lowest BCUT2D eigenvalue weighted by Gasteiger charge is -2.35. The maximum Gasteiger partial charge on any atom is 0.231 e. The van der Waals surface area contributed by atoms with Crippen molar-refractivity contribution in [3.63, 3.8) is 0 Å². The van der Waals surface area contributed by atoms with E-state index in [0.29, 0.717) is 13.0 Å². The monoisotopic (exact) mass is 262 g/mol. The van der Waals surface area contributed by atoms with Crippen molar-refractivity contribution in [1.82, 2.24) is 4.90 Å². The molecule has 0 aromatic heterocycles. The van der Waals surface area contributed by atoms with Crippen molar-refractivity contribution in [3.8, 4) is 0 Å². The summed E-state index contributed by atoms with van der Waals surface area (Å²) in [5.74, 6) is -0.305. The van der Waals surface area contributed by atoms with Crippen LogP contribution in [0.5, 0.6) is 0 Å². The number of aryl methyl sites for hydroxylation is 1. The average molecular weight is 262 g/mol. The maximum absolute atomic E-state index is 11.2. The zero-order valence-corrected chi connectivity index (χ0v) is 11.2. The van der Waals surface area contributed by atoms with Crippen molar-refractivity contribution in [2.24, 2.45) is 5.73 Å². The second kappa shape index (κ2) is 6.68. The highest BCUT2D eigenvalue weighted by molar-refractivity contribution is 5.76. The van der Waals surface area contributed by atoms with E-state index in [1.165, 1.54) is 11.1 Å². The summed E-state index contributed by atoms with van der Waals surface area (Å²) >= 11 is 0. The summed E-state index contributed by atoms with van der Waals surface area (Å²) in [6.07, 6.45) is 3.97. The van der Waals surface area contributed by atoms with Gasteiger partial charge in [-0.1, -0.05) is 24.3 Å². The first-order valence-electron chi connectivity index (χ1n) is 6.93. The normalized spacial score (nSPS) is 18.3. The fourth-order valence-electron chi connectivity index (χ4n) is 2.93. The van der Waals surface area contributed by atoms with Crippen LogP contribution < -0.4 is 5.73 Å². The molecule has 4 heteroatoms. The Labute approximate surface area is 114 Å². The molecule has 0 heterocycles.